The number of nitrogens with one attached hydrogen (secondary N) is 2. The van der Waals surface area contributed by atoms with Crippen molar-refractivity contribution in [1.29, 1.82) is 0 Å². The van der Waals surface area contributed by atoms with Crippen molar-refractivity contribution in [2.45, 2.75) is 26.8 Å². The minimum absolute atomic E-state index is 0.156. The van der Waals surface area contributed by atoms with Crippen LogP contribution in [0.2, 0.25) is 0 Å². The third kappa shape index (κ3) is 5.42. The molecule has 0 aliphatic heterocycles. The van der Waals surface area contributed by atoms with Crippen molar-refractivity contribution in [3.8, 4) is 0 Å². The minimum Gasteiger partial charge on any atom is -0.354 e. The summed E-state index contributed by atoms with van der Waals surface area (Å²) in [5, 5.41) is 12.2. The van der Waals surface area contributed by atoms with Crippen LogP contribution < -0.4 is 16.2 Å². The molecule has 9 nitrogen and oxygen atoms in total. The van der Waals surface area contributed by atoms with Crippen molar-refractivity contribution >= 4 is 28.3 Å². The summed E-state index contributed by atoms with van der Waals surface area (Å²) < 4.78 is 1.30. The highest BCUT2D eigenvalue weighted by molar-refractivity contribution is 7.13. The molecule has 0 saturated heterocycles. The predicted molar refractivity (Wildman–Crippen MR) is 102 cm³/mol. The topological polar surface area (TPSA) is 115 Å². The van der Waals surface area contributed by atoms with E-state index < -0.39 is 0 Å². The molecule has 0 bridgehead atoms. The molecule has 140 valence electrons. The molecule has 0 atom stereocenters. The second-order valence-corrected chi connectivity index (χ2v) is 6.71. The SMILES string of the molecule is Cc1cc(C)nc(Nc2nc(CC(=O)NCCn3ncccc3=O)cs2)n1. The number of nitrogens with zero attached hydrogens (tertiary/aromatic N) is 5. The summed E-state index contributed by atoms with van der Waals surface area (Å²) >= 11 is 1.38. The van der Waals surface area contributed by atoms with E-state index >= 15 is 0 Å². The van der Waals surface area contributed by atoms with Gasteiger partial charge in [-0.3, -0.25) is 9.59 Å². The summed E-state index contributed by atoms with van der Waals surface area (Å²) in [4.78, 5) is 36.6. The molecule has 0 spiro atoms. The van der Waals surface area contributed by atoms with E-state index in [4.69, 9.17) is 0 Å². The number of aryl methyl sites for hydroxylation is 2. The number of thiazole rings is 1. The zero-order chi connectivity index (χ0) is 19.2. The lowest BCUT2D eigenvalue weighted by Crippen LogP contribution is -2.32. The summed E-state index contributed by atoms with van der Waals surface area (Å²) in [5.74, 6) is 0.317. The molecule has 0 unspecified atom stereocenters. The van der Waals surface area contributed by atoms with Crippen molar-refractivity contribution in [3.63, 3.8) is 0 Å². The van der Waals surface area contributed by atoms with Crippen LogP contribution in [0.1, 0.15) is 17.1 Å². The summed E-state index contributed by atoms with van der Waals surface area (Å²) in [6.07, 6.45) is 1.69. The maximum Gasteiger partial charge on any atom is 0.266 e. The van der Waals surface area contributed by atoms with E-state index in [-0.39, 0.29) is 17.9 Å². The number of anilines is 2. The molecule has 3 aromatic rings. The number of hydrogen-bond acceptors (Lipinski definition) is 8. The van der Waals surface area contributed by atoms with Crippen LogP contribution in [-0.4, -0.2) is 37.2 Å². The molecule has 0 saturated carbocycles. The molecule has 3 heterocycles. The average Bonchev–Trinajstić information content (AvgIpc) is 3.02. The van der Waals surface area contributed by atoms with E-state index in [1.807, 2.05) is 25.3 Å². The van der Waals surface area contributed by atoms with Crippen molar-refractivity contribution in [2.75, 3.05) is 11.9 Å². The molecule has 0 fully saturated rings. The molecule has 0 aliphatic carbocycles. The molecule has 3 aromatic heterocycles. The van der Waals surface area contributed by atoms with Gasteiger partial charge in [0.05, 0.1) is 18.7 Å². The lowest BCUT2D eigenvalue weighted by molar-refractivity contribution is -0.120. The Balaban J connectivity index is 1.50. The maximum absolute atomic E-state index is 12.0. The minimum atomic E-state index is -0.199. The van der Waals surface area contributed by atoms with E-state index in [0.717, 1.165) is 11.4 Å². The van der Waals surface area contributed by atoms with Gasteiger partial charge in [0.15, 0.2) is 5.13 Å². The molecular formula is C17H19N7O2S. The van der Waals surface area contributed by atoms with Gasteiger partial charge in [-0.15, -0.1) is 11.3 Å². The maximum atomic E-state index is 12.0. The summed E-state index contributed by atoms with van der Waals surface area (Å²) in [7, 11) is 0. The van der Waals surface area contributed by atoms with Crippen LogP contribution in [-0.2, 0) is 17.8 Å². The molecule has 10 heteroatoms. The molecule has 0 radical (unpaired) electrons. The molecule has 1 amide bonds. The van der Waals surface area contributed by atoms with Gasteiger partial charge in [0, 0.05) is 35.6 Å². The number of carbonyl (C=O) groups is 1. The second-order valence-electron chi connectivity index (χ2n) is 5.86. The fourth-order valence-electron chi connectivity index (χ4n) is 2.41. The average molecular weight is 385 g/mol. The fraction of sp³-hybridized carbons (Fsp3) is 0.294. The van der Waals surface area contributed by atoms with Crippen molar-refractivity contribution in [2.24, 2.45) is 0 Å². The highest BCUT2D eigenvalue weighted by atomic mass is 32.1. The standard InChI is InChI=1S/C17H19N7O2S/c1-11-8-12(2)21-16(20-11)23-17-22-13(10-27-17)9-14(25)18-6-7-24-15(26)4-3-5-19-24/h3-5,8,10H,6-7,9H2,1-2H3,(H,18,25)(H,20,21,22,23). The van der Waals surface area contributed by atoms with Gasteiger partial charge in [0.25, 0.3) is 5.56 Å². The van der Waals surface area contributed by atoms with Crippen molar-refractivity contribution in [1.82, 2.24) is 30.0 Å². The number of hydrogen-bond donors (Lipinski definition) is 2. The van der Waals surface area contributed by atoms with Crippen molar-refractivity contribution in [3.05, 3.63) is 57.2 Å². The monoisotopic (exact) mass is 385 g/mol. The van der Waals surface area contributed by atoms with E-state index in [0.29, 0.717) is 29.9 Å². The molecular weight excluding hydrogens is 366 g/mol. The van der Waals surface area contributed by atoms with Gasteiger partial charge in [-0.2, -0.15) is 5.10 Å². The van der Waals surface area contributed by atoms with E-state index in [1.165, 1.54) is 28.3 Å². The van der Waals surface area contributed by atoms with Crippen LogP contribution in [0.3, 0.4) is 0 Å². The Kier molecular flexibility index (Phi) is 5.87. The Hall–Kier alpha value is -3.14. The van der Waals surface area contributed by atoms with Crippen LogP contribution in [0.4, 0.5) is 11.1 Å². The summed E-state index contributed by atoms with van der Waals surface area (Å²) in [6.45, 7) is 4.44. The van der Waals surface area contributed by atoms with E-state index in [9.17, 15) is 9.59 Å². The largest absolute Gasteiger partial charge is 0.354 e. The van der Waals surface area contributed by atoms with Crippen LogP contribution >= 0.6 is 11.3 Å². The highest BCUT2D eigenvalue weighted by Gasteiger charge is 2.09. The van der Waals surface area contributed by atoms with Gasteiger partial charge in [-0.05, 0) is 26.0 Å². The van der Waals surface area contributed by atoms with Gasteiger partial charge in [-0.25, -0.2) is 19.6 Å². The van der Waals surface area contributed by atoms with Gasteiger partial charge >= 0.3 is 0 Å². The summed E-state index contributed by atoms with van der Waals surface area (Å²) in [6, 6.07) is 4.90. The number of rotatable bonds is 7. The quantitative estimate of drug-likeness (QED) is 0.628. The Morgan fingerprint density at radius 1 is 1.22 bits per heavy atom. The molecule has 3 rings (SSSR count). The predicted octanol–water partition coefficient (Wildman–Crippen LogP) is 1.21. The molecule has 0 aromatic carbocycles. The lowest BCUT2D eigenvalue weighted by atomic mass is 10.3. The van der Waals surface area contributed by atoms with Gasteiger partial charge in [0.2, 0.25) is 11.9 Å². The van der Waals surface area contributed by atoms with Gasteiger partial charge < -0.3 is 10.6 Å². The Labute approximate surface area is 159 Å². The Morgan fingerprint density at radius 3 is 2.74 bits per heavy atom. The third-order valence-electron chi connectivity index (χ3n) is 3.53. The Bertz CT molecular complexity index is 978. The second kappa shape index (κ2) is 8.49. The number of carbonyl (C=O) groups excluding carboxylic acids is 1. The van der Waals surface area contributed by atoms with Crippen LogP contribution in [0.25, 0.3) is 0 Å². The first-order chi connectivity index (χ1) is 13.0. The lowest BCUT2D eigenvalue weighted by Gasteiger charge is -2.05. The summed E-state index contributed by atoms with van der Waals surface area (Å²) in [5.41, 5.74) is 2.19. The zero-order valence-corrected chi connectivity index (χ0v) is 15.8. The number of amides is 1. The van der Waals surface area contributed by atoms with E-state index in [1.54, 1.807) is 6.07 Å². The van der Waals surface area contributed by atoms with E-state index in [2.05, 4.69) is 30.7 Å². The van der Waals surface area contributed by atoms with Gasteiger partial charge in [0.1, 0.15) is 0 Å². The first-order valence-electron chi connectivity index (χ1n) is 8.32. The highest BCUT2D eigenvalue weighted by Crippen LogP contribution is 2.19. The van der Waals surface area contributed by atoms with Crippen LogP contribution in [0.15, 0.2) is 34.6 Å². The molecule has 2 N–H and O–H groups in total. The third-order valence-corrected chi connectivity index (χ3v) is 4.33. The van der Waals surface area contributed by atoms with Crippen LogP contribution in [0.5, 0.6) is 0 Å². The normalized spacial score (nSPS) is 10.6. The number of aromatic nitrogens is 5. The fourth-order valence-corrected chi connectivity index (χ4v) is 3.11. The van der Waals surface area contributed by atoms with Crippen LogP contribution in [0, 0.1) is 13.8 Å². The molecule has 0 aliphatic rings. The molecule has 27 heavy (non-hydrogen) atoms. The first-order valence-corrected chi connectivity index (χ1v) is 9.20. The van der Waals surface area contributed by atoms with Crippen molar-refractivity contribution < 1.29 is 4.79 Å². The smallest absolute Gasteiger partial charge is 0.266 e. The zero-order valence-electron chi connectivity index (χ0n) is 15.0. The van der Waals surface area contributed by atoms with Gasteiger partial charge in [-0.1, -0.05) is 0 Å². The Morgan fingerprint density at radius 2 is 2.00 bits per heavy atom. The first kappa shape index (κ1) is 18.6.